The summed E-state index contributed by atoms with van der Waals surface area (Å²) in [4.78, 5) is 16.4. The van der Waals surface area contributed by atoms with Crippen LogP contribution in [0, 0.1) is 6.92 Å². The van der Waals surface area contributed by atoms with Crippen LogP contribution in [-0.2, 0) is 10.5 Å². The van der Waals surface area contributed by atoms with E-state index < -0.39 is 0 Å². The molecule has 2 rings (SSSR count). The van der Waals surface area contributed by atoms with Crippen LogP contribution in [0.5, 0.6) is 0 Å². The average molecular weight is 314 g/mol. The van der Waals surface area contributed by atoms with Gasteiger partial charge in [0.2, 0.25) is 5.91 Å². The van der Waals surface area contributed by atoms with Gasteiger partial charge in [-0.15, -0.1) is 0 Å². The maximum atomic E-state index is 12.0. The van der Waals surface area contributed by atoms with Gasteiger partial charge in [0.15, 0.2) is 0 Å². The van der Waals surface area contributed by atoms with Gasteiger partial charge in [-0.25, -0.2) is 0 Å². The van der Waals surface area contributed by atoms with Crippen LogP contribution in [0.2, 0.25) is 0 Å². The SMILES string of the molecule is Cc1cccc(C(C)NC(=O)CCSCc2ccccc2)n1. The molecule has 1 unspecified atom stereocenters. The van der Waals surface area contributed by atoms with Crippen LogP contribution in [0.3, 0.4) is 0 Å². The van der Waals surface area contributed by atoms with Crippen molar-refractivity contribution >= 4 is 17.7 Å². The van der Waals surface area contributed by atoms with Crippen molar-refractivity contribution in [2.45, 2.75) is 32.1 Å². The van der Waals surface area contributed by atoms with Crippen molar-refractivity contribution in [1.82, 2.24) is 10.3 Å². The van der Waals surface area contributed by atoms with E-state index in [1.165, 1.54) is 5.56 Å². The van der Waals surface area contributed by atoms with Gasteiger partial charge in [0, 0.05) is 23.6 Å². The molecule has 0 saturated heterocycles. The van der Waals surface area contributed by atoms with Gasteiger partial charge in [0.1, 0.15) is 0 Å². The van der Waals surface area contributed by atoms with E-state index in [-0.39, 0.29) is 11.9 Å². The Balaban J connectivity index is 1.69. The number of amides is 1. The quantitative estimate of drug-likeness (QED) is 0.788. The number of hydrogen-bond donors (Lipinski definition) is 1. The lowest BCUT2D eigenvalue weighted by Gasteiger charge is -2.13. The van der Waals surface area contributed by atoms with E-state index >= 15 is 0 Å². The van der Waals surface area contributed by atoms with Crippen LogP contribution in [0.15, 0.2) is 48.5 Å². The lowest BCUT2D eigenvalue weighted by molar-refractivity contribution is -0.121. The summed E-state index contributed by atoms with van der Waals surface area (Å²) in [6.07, 6.45) is 0.535. The largest absolute Gasteiger partial charge is 0.348 e. The minimum atomic E-state index is -0.0495. The van der Waals surface area contributed by atoms with Gasteiger partial charge in [-0.3, -0.25) is 9.78 Å². The first-order valence-electron chi connectivity index (χ1n) is 7.50. The highest BCUT2D eigenvalue weighted by Crippen LogP contribution is 2.14. The molecule has 0 aliphatic carbocycles. The maximum absolute atomic E-state index is 12.0. The summed E-state index contributed by atoms with van der Waals surface area (Å²) in [5, 5.41) is 3.01. The molecule has 1 aromatic carbocycles. The number of hydrogen-bond acceptors (Lipinski definition) is 3. The normalized spacial score (nSPS) is 11.9. The number of carbonyl (C=O) groups is 1. The van der Waals surface area contributed by atoms with Crippen molar-refractivity contribution in [2.24, 2.45) is 0 Å². The zero-order valence-electron chi connectivity index (χ0n) is 13.1. The van der Waals surface area contributed by atoms with E-state index in [2.05, 4.69) is 22.4 Å². The van der Waals surface area contributed by atoms with Gasteiger partial charge in [0.25, 0.3) is 0 Å². The van der Waals surface area contributed by atoms with Crippen molar-refractivity contribution < 1.29 is 4.79 Å². The van der Waals surface area contributed by atoms with Crippen molar-refractivity contribution in [3.8, 4) is 0 Å². The second-order valence-corrected chi connectivity index (χ2v) is 6.39. The van der Waals surface area contributed by atoms with Crippen LogP contribution in [-0.4, -0.2) is 16.6 Å². The van der Waals surface area contributed by atoms with E-state index in [0.717, 1.165) is 22.9 Å². The zero-order chi connectivity index (χ0) is 15.8. The van der Waals surface area contributed by atoms with Crippen molar-refractivity contribution in [1.29, 1.82) is 0 Å². The van der Waals surface area contributed by atoms with Crippen LogP contribution in [0.4, 0.5) is 0 Å². The molecule has 3 nitrogen and oxygen atoms in total. The molecule has 1 aromatic heterocycles. The molecule has 2 aromatic rings. The first-order valence-corrected chi connectivity index (χ1v) is 8.65. The van der Waals surface area contributed by atoms with Gasteiger partial charge in [-0.2, -0.15) is 11.8 Å². The third-order valence-corrected chi connectivity index (χ3v) is 4.35. The molecule has 0 radical (unpaired) electrons. The minimum absolute atomic E-state index is 0.0495. The molecule has 0 aliphatic rings. The Hall–Kier alpha value is -1.81. The fraction of sp³-hybridized carbons (Fsp3) is 0.333. The molecule has 116 valence electrons. The smallest absolute Gasteiger partial charge is 0.221 e. The summed E-state index contributed by atoms with van der Waals surface area (Å²) in [6.45, 7) is 3.93. The van der Waals surface area contributed by atoms with Crippen molar-refractivity contribution in [3.63, 3.8) is 0 Å². The third kappa shape index (κ3) is 5.53. The summed E-state index contributed by atoms with van der Waals surface area (Å²) in [7, 11) is 0. The number of pyridine rings is 1. The lowest BCUT2D eigenvalue weighted by atomic mass is 10.2. The molecular weight excluding hydrogens is 292 g/mol. The average Bonchev–Trinajstić information content (AvgIpc) is 2.52. The Bertz CT molecular complexity index is 601. The third-order valence-electron chi connectivity index (χ3n) is 3.32. The fourth-order valence-electron chi connectivity index (χ4n) is 2.12. The van der Waals surface area contributed by atoms with Gasteiger partial charge in [0.05, 0.1) is 11.7 Å². The predicted octanol–water partition coefficient (Wildman–Crippen LogP) is 3.89. The Labute approximate surface area is 136 Å². The lowest BCUT2D eigenvalue weighted by Crippen LogP contribution is -2.27. The van der Waals surface area contributed by atoms with Crippen molar-refractivity contribution in [3.05, 3.63) is 65.5 Å². The highest BCUT2D eigenvalue weighted by Gasteiger charge is 2.10. The molecule has 0 bridgehead atoms. The molecule has 22 heavy (non-hydrogen) atoms. The maximum Gasteiger partial charge on any atom is 0.221 e. The second kappa shape index (κ2) is 8.59. The summed E-state index contributed by atoms with van der Waals surface area (Å²) in [6, 6.07) is 16.1. The van der Waals surface area contributed by atoms with Crippen LogP contribution in [0.25, 0.3) is 0 Å². The fourth-order valence-corrected chi connectivity index (χ4v) is 3.02. The number of thioether (sulfide) groups is 1. The van der Waals surface area contributed by atoms with Crippen LogP contribution in [0.1, 0.15) is 36.3 Å². The summed E-state index contributed by atoms with van der Waals surface area (Å²) >= 11 is 1.78. The Morgan fingerprint density at radius 3 is 2.68 bits per heavy atom. The molecule has 1 N–H and O–H groups in total. The number of carbonyl (C=O) groups excluding carboxylic acids is 1. The number of aromatic nitrogens is 1. The number of aryl methyl sites for hydroxylation is 1. The Morgan fingerprint density at radius 1 is 1.18 bits per heavy atom. The van der Waals surface area contributed by atoms with E-state index in [1.807, 2.05) is 50.2 Å². The van der Waals surface area contributed by atoms with Crippen molar-refractivity contribution in [2.75, 3.05) is 5.75 Å². The Morgan fingerprint density at radius 2 is 1.95 bits per heavy atom. The number of rotatable bonds is 7. The first-order chi connectivity index (χ1) is 10.6. The molecule has 1 heterocycles. The topological polar surface area (TPSA) is 42.0 Å². The predicted molar refractivity (Wildman–Crippen MR) is 92.8 cm³/mol. The summed E-state index contributed by atoms with van der Waals surface area (Å²) < 4.78 is 0. The van der Waals surface area contributed by atoms with E-state index in [9.17, 15) is 4.79 Å². The van der Waals surface area contributed by atoms with E-state index in [0.29, 0.717) is 6.42 Å². The molecule has 1 atom stereocenters. The molecular formula is C18H22N2OS. The Kier molecular flexibility index (Phi) is 6.46. The standard InChI is InChI=1S/C18H22N2OS/c1-14-7-6-10-17(19-14)15(2)20-18(21)11-12-22-13-16-8-4-3-5-9-16/h3-10,15H,11-13H2,1-2H3,(H,20,21). The number of nitrogens with one attached hydrogen (secondary N) is 1. The zero-order valence-corrected chi connectivity index (χ0v) is 13.9. The summed E-state index contributed by atoms with van der Waals surface area (Å²) in [5.74, 6) is 1.86. The highest BCUT2D eigenvalue weighted by molar-refractivity contribution is 7.98. The first kappa shape index (κ1) is 16.6. The second-order valence-electron chi connectivity index (χ2n) is 5.28. The number of nitrogens with zero attached hydrogens (tertiary/aromatic N) is 1. The van der Waals surface area contributed by atoms with E-state index in [1.54, 1.807) is 11.8 Å². The van der Waals surface area contributed by atoms with E-state index in [4.69, 9.17) is 0 Å². The van der Waals surface area contributed by atoms with Crippen LogP contribution < -0.4 is 5.32 Å². The highest BCUT2D eigenvalue weighted by atomic mass is 32.2. The summed E-state index contributed by atoms with van der Waals surface area (Å²) in [5.41, 5.74) is 3.17. The van der Waals surface area contributed by atoms with Gasteiger partial charge < -0.3 is 5.32 Å². The number of benzene rings is 1. The van der Waals surface area contributed by atoms with Gasteiger partial charge in [-0.05, 0) is 31.5 Å². The van der Waals surface area contributed by atoms with Gasteiger partial charge in [-0.1, -0.05) is 36.4 Å². The molecule has 0 saturated carbocycles. The van der Waals surface area contributed by atoms with Crippen LogP contribution >= 0.6 is 11.8 Å². The molecule has 0 aliphatic heterocycles. The molecule has 0 fully saturated rings. The monoisotopic (exact) mass is 314 g/mol. The van der Waals surface area contributed by atoms with Gasteiger partial charge >= 0.3 is 0 Å². The molecule has 1 amide bonds. The molecule has 4 heteroatoms. The minimum Gasteiger partial charge on any atom is -0.348 e. The molecule has 0 spiro atoms.